The van der Waals surface area contributed by atoms with Gasteiger partial charge in [-0.1, -0.05) is 5.16 Å². The highest BCUT2D eigenvalue weighted by Crippen LogP contribution is 2.17. The van der Waals surface area contributed by atoms with Crippen LogP contribution >= 0.6 is 34.8 Å². The van der Waals surface area contributed by atoms with Crippen molar-refractivity contribution in [1.29, 1.82) is 0 Å². The van der Waals surface area contributed by atoms with Gasteiger partial charge in [0.05, 0.1) is 11.0 Å². The molecule has 0 bridgehead atoms. The Morgan fingerprint density at radius 3 is 3.11 bits per heavy atom. The zero-order valence-electron chi connectivity index (χ0n) is 9.26. The summed E-state index contributed by atoms with van der Waals surface area (Å²) in [6, 6.07) is 6.21. The number of aromatic amines is 1. The van der Waals surface area contributed by atoms with Crippen LogP contribution in [-0.4, -0.2) is 19.7 Å². The molecule has 2 aromatic heterocycles. The smallest absolute Gasteiger partial charge is 0.213 e. The molecule has 0 aliphatic rings. The number of aryl methyl sites for hydroxylation is 2. The molecule has 0 atom stereocenters. The number of fused-ring (bicyclic) bond motifs is 1. The molecule has 0 unspecified atom stereocenters. The van der Waals surface area contributed by atoms with Gasteiger partial charge in [-0.2, -0.15) is 4.98 Å². The maximum atomic E-state index is 5.33. The second-order valence-corrected chi connectivity index (χ2v) is 5.47. The van der Waals surface area contributed by atoms with Crippen LogP contribution in [0.1, 0.15) is 5.82 Å². The number of imidazole rings is 1. The third kappa shape index (κ3) is 2.19. The van der Waals surface area contributed by atoms with E-state index >= 15 is 0 Å². The van der Waals surface area contributed by atoms with Gasteiger partial charge in [0.2, 0.25) is 6.39 Å². The van der Waals surface area contributed by atoms with Gasteiger partial charge in [0.1, 0.15) is 0 Å². The van der Waals surface area contributed by atoms with E-state index in [9.17, 15) is 0 Å². The number of H-pyrrole nitrogens is 1. The number of benzene rings is 1. The lowest BCUT2D eigenvalue weighted by Gasteiger charge is -2.01. The molecule has 1 N–H and O–H groups in total. The maximum absolute atomic E-state index is 5.33. The van der Waals surface area contributed by atoms with Gasteiger partial charge in [-0.25, -0.2) is 0 Å². The SMILES string of the molecule is S=c1[nH]c2cc(I)ccc2n1CCc1ncon1. The number of nitrogens with one attached hydrogen (secondary N) is 1. The quantitative estimate of drug-likeness (QED) is 0.568. The van der Waals surface area contributed by atoms with Gasteiger partial charge >= 0.3 is 0 Å². The number of aromatic nitrogens is 4. The van der Waals surface area contributed by atoms with Gasteiger partial charge in [-0.15, -0.1) is 0 Å². The number of halogens is 1. The fourth-order valence-electron chi connectivity index (χ4n) is 1.87. The Hall–Kier alpha value is -1.22. The lowest BCUT2D eigenvalue weighted by Crippen LogP contribution is -2.02. The molecule has 0 aliphatic heterocycles. The first-order valence-corrected chi connectivity index (χ1v) is 6.86. The molecule has 0 saturated heterocycles. The van der Waals surface area contributed by atoms with Gasteiger partial charge < -0.3 is 14.1 Å². The molecule has 18 heavy (non-hydrogen) atoms. The third-order valence-corrected chi connectivity index (χ3v) is 3.70. The number of nitrogens with zero attached hydrogens (tertiary/aromatic N) is 3. The van der Waals surface area contributed by atoms with Crippen LogP contribution in [0, 0.1) is 8.34 Å². The minimum Gasteiger partial charge on any atom is -0.343 e. The van der Waals surface area contributed by atoms with E-state index in [4.69, 9.17) is 16.7 Å². The van der Waals surface area contributed by atoms with Crippen LogP contribution in [0.4, 0.5) is 0 Å². The highest BCUT2D eigenvalue weighted by Gasteiger charge is 2.06. The van der Waals surface area contributed by atoms with Crippen LogP contribution < -0.4 is 0 Å². The Morgan fingerprint density at radius 1 is 1.44 bits per heavy atom. The molecule has 1 aromatic carbocycles. The van der Waals surface area contributed by atoms with Crippen LogP contribution in [0.5, 0.6) is 0 Å². The first-order valence-electron chi connectivity index (χ1n) is 5.37. The van der Waals surface area contributed by atoms with E-state index in [1.165, 1.54) is 9.96 Å². The van der Waals surface area contributed by atoms with Crippen LogP contribution in [0.15, 0.2) is 29.1 Å². The Morgan fingerprint density at radius 2 is 2.33 bits per heavy atom. The van der Waals surface area contributed by atoms with Crippen LogP contribution in [0.2, 0.25) is 0 Å². The summed E-state index contributed by atoms with van der Waals surface area (Å²) in [5.41, 5.74) is 2.16. The monoisotopic (exact) mass is 372 g/mol. The molecule has 92 valence electrons. The van der Waals surface area contributed by atoms with Gasteiger partial charge in [0, 0.05) is 16.5 Å². The van der Waals surface area contributed by atoms with Crippen LogP contribution in [0.25, 0.3) is 11.0 Å². The maximum Gasteiger partial charge on any atom is 0.213 e. The second kappa shape index (κ2) is 4.81. The molecule has 0 radical (unpaired) electrons. The Balaban J connectivity index is 1.96. The molecule has 0 aliphatic carbocycles. The van der Waals surface area contributed by atoms with Gasteiger partial charge in [-0.3, -0.25) is 0 Å². The normalized spacial score (nSPS) is 11.2. The van der Waals surface area contributed by atoms with Crippen molar-refractivity contribution in [3.05, 3.63) is 38.8 Å². The molecule has 3 rings (SSSR count). The van der Waals surface area contributed by atoms with Gasteiger partial charge in [-0.05, 0) is 53.0 Å². The summed E-state index contributed by atoms with van der Waals surface area (Å²) >= 11 is 7.61. The van der Waals surface area contributed by atoms with Crippen molar-refractivity contribution in [2.24, 2.45) is 0 Å². The Kier molecular flexibility index (Phi) is 3.16. The summed E-state index contributed by atoms with van der Waals surface area (Å²) in [6.45, 7) is 0.735. The van der Waals surface area contributed by atoms with Gasteiger partial charge in [0.15, 0.2) is 10.6 Å². The average molecular weight is 372 g/mol. The lowest BCUT2D eigenvalue weighted by atomic mass is 10.3. The highest BCUT2D eigenvalue weighted by molar-refractivity contribution is 14.1. The number of hydrogen-bond donors (Lipinski definition) is 1. The highest BCUT2D eigenvalue weighted by atomic mass is 127. The van der Waals surface area contributed by atoms with E-state index in [1.54, 1.807) is 0 Å². The van der Waals surface area contributed by atoms with E-state index in [1.807, 2.05) is 0 Å². The zero-order valence-corrected chi connectivity index (χ0v) is 12.2. The summed E-state index contributed by atoms with van der Waals surface area (Å²) in [5, 5.41) is 3.79. The Labute approximate surface area is 121 Å². The first-order chi connectivity index (χ1) is 8.74. The first kappa shape index (κ1) is 11.8. The van der Waals surface area contributed by atoms with Crippen molar-refractivity contribution in [2.45, 2.75) is 13.0 Å². The lowest BCUT2D eigenvalue weighted by molar-refractivity contribution is 0.408. The molecular formula is C11H9IN4OS. The van der Waals surface area contributed by atoms with Crippen LogP contribution in [-0.2, 0) is 13.0 Å². The summed E-state index contributed by atoms with van der Waals surface area (Å²) in [4.78, 5) is 7.21. The fourth-order valence-corrected chi connectivity index (χ4v) is 2.66. The van der Waals surface area contributed by atoms with Crippen molar-refractivity contribution in [1.82, 2.24) is 19.7 Å². The van der Waals surface area contributed by atoms with Crippen LogP contribution in [0.3, 0.4) is 0 Å². The predicted molar refractivity (Wildman–Crippen MR) is 77.8 cm³/mol. The standard InChI is InChI=1S/C11H9IN4OS/c12-7-1-2-9-8(5-7)14-11(18)16(9)4-3-10-13-6-17-15-10/h1-2,5-6H,3-4H2,(H,14,18). The molecule has 3 aromatic rings. The van der Waals surface area contributed by atoms with Crippen molar-refractivity contribution in [2.75, 3.05) is 0 Å². The van der Waals surface area contributed by atoms with E-state index in [0.29, 0.717) is 12.2 Å². The van der Waals surface area contributed by atoms with Crippen molar-refractivity contribution in [3.8, 4) is 0 Å². The summed E-state index contributed by atoms with van der Waals surface area (Å²) in [7, 11) is 0. The Bertz CT molecular complexity index is 731. The van der Waals surface area contributed by atoms with Gasteiger partial charge in [0.25, 0.3) is 0 Å². The minimum atomic E-state index is 0.691. The van der Waals surface area contributed by atoms with Crippen molar-refractivity contribution >= 4 is 45.8 Å². The van der Waals surface area contributed by atoms with E-state index in [2.05, 4.69) is 60.5 Å². The molecule has 7 heteroatoms. The third-order valence-electron chi connectivity index (χ3n) is 2.70. The molecule has 0 saturated carbocycles. The molecule has 0 spiro atoms. The topological polar surface area (TPSA) is 59.6 Å². The van der Waals surface area contributed by atoms with E-state index in [-0.39, 0.29) is 0 Å². The molecule has 2 heterocycles. The van der Waals surface area contributed by atoms with Crippen molar-refractivity contribution < 1.29 is 4.52 Å². The number of hydrogen-bond acceptors (Lipinski definition) is 4. The molecule has 0 amide bonds. The minimum absolute atomic E-state index is 0.691. The summed E-state index contributed by atoms with van der Waals surface area (Å²) in [6.07, 6.45) is 2.04. The largest absolute Gasteiger partial charge is 0.343 e. The molecule has 0 fully saturated rings. The van der Waals surface area contributed by atoms with E-state index < -0.39 is 0 Å². The summed E-state index contributed by atoms with van der Waals surface area (Å²) in [5.74, 6) is 0.691. The van der Waals surface area contributed by atoms with Crippen molar-refractivity contribution in [3.63, 3.8) is 0 Å². The van der Waals surface area contributed by atoms with E-state index in [0.717, 1.165) is 22.3 Å². The summed E-state index contributed by atoms with van der Waals surface area (Å²) < 4.78 is 8.67. The average Bonchev–Trinajstić information content (AvgIpc) is 2.93. The second-order valence-electron chi connectivity index (χ2n) is 3.84. The zero-order chi connectivity index (χ0) is 12.5. The predicted octanol–water partition coefficient (Wildman–Crippen LogP) is 2.93. The fraction of sp³-hybridized carbons (Fsp3) is 0.182. The molecule has 5 nitrogen and oxygen atoms in total. The number of rotatable bonds is 3. The molecular weight excluding hydrogens is 363 g/mol.